The van der Waals surface area contributed by atoms with Crippen LogP contribution in [-0.2, 0) is 10.0 Å². The molecule has 1 aromatic carbocycles. The van der Waals surface area contributed by atoms with Gasteiger partial charge in [-0.25, -0.2) is 17.5 Å². The summed E-state index contributed by atoms with van der Waals surface area (Å²) in [5.74, 6) is -0.830. The Morgan fingerprint density at radius 1 is 1.44 bits per heavy atom. The number of nitrogens with two attached hydrogens (primary N) is 1. The van der Waals surface area contributed by atoms with Crippen molar-refractivity contribution in [1.82, 2.24) is 4.72 Å². The van der Waals surface area contributed by atoms with Crippen LogP contribution in [0.2, 0.25) is 0 Å². The first-order valence-corrected chi connectivity index (χ1v) is 6.51. The van der Waals surface area contributed by atoms with E-state index in [9.17, 15) is 12.8 Å². The molecule has 0 aliphatic heterocycles. The predicted octanol–water partition coefficient (Wildman–Crippen LogP) is 1.49. The molecule has 0 aromatic heterocycles. The van der Waals surface area contributed by atoms with Gasteiger partial charge in [-0.2, -0.15) is 0 Å². The zero-order valence-corrected chi connectivity index (χ0v) is 9.85. The minimum Gasteiger partial charge on any atom is -0.398 e. The normalized spacial score (nSPS) is 11.6. The third-order valence-corrected chi connectivity index (χ3v) is 3.64. The van der Waals surface area contributed by atoms with Crippen molar-refractivity contribution >= 4 is 15.7 Å². The molecule has 6 heteroatoms. The zero-order valence-electron chi connectivity index (χ0n) is 9.03. The number of halogens is 1. The van der Waals surface area contributed by atoms with Gasteiger partial charge in [-0.3, -0.25) is 0 Å². The molecule has 0 aliphatic rings. The molecular weight excluding hydrogens is 231 g/mol. The number of anilines is 1. The Morgan fingerprint density at radius 3 is 2.69 bits per heavy atom. The van der Waals surface area contributed by atoms with Crippen molar-refractivity contribution < 1.29 is 12.8 Å². The van der Waals surface area contributed by atoms with Gasteiger partial charge in [0.1, 0.15) is 10.7 Å². The van der Waals surface area contributed by atoms with Crippen LogP contribution in [0.25, 0.3) is 0 Å². The monoisotopic (exact) mass is 246 g/mol. The van der Waals surface area contributed by atoms with Crippen LogP contribution in [0.5, 0.6) is 0 Å². The molecule has 0 fully saturated rings. The maximum absolute atomic E-state index is 13.4. The van der Waals surface area contributed by atoms with Crippen molar-refractivity contribution in [3.63, 3.8) is 0 Å². The number of hydrogen-bond donors (Lipinski definition) is 2. The van der Waals surface area contributed by atoms with Crippen molar-refractivity contribution in [2.45, 2.75) is 24.7 Å². The lowest BCUT2D eigenvalue weighted by atomic mass is 10.3. The molecule has 0 aliphatic carbocycles. The van der Waals surface area contributed by atoms with Crippen LogP contribution in [0.4, 0.5) is 10.1 Å². The molecule has 0 saturated heterocycles. The highest BCUT2D eigenvalue weighted by Gasteiger charge is 2.21. The van der Waals surface area contributed by atoms with Crippen molar-refractivity contribution in [2.24, 2.45) is 0 Å². The fourth-order valence-corrected chi connectivity index (χ4v) is 2.53. The van der Waals surface area contributed by atoms with Gasteiger partial charge < -0.3 is 5.73 Å². The van der Waals surface area contributed by atoms with Gasteiger partial charge in [0.25, 0.3) is 0 Å². The van der Waals surface area contributed by atoms with E-state index in [1.807, 2.05) is 6.92 Å². The van der Waals surface area contributed by atoms with E-state index in [1.54, 1.807) is 0 Å². The Hall–Kier alpha value is -1.14. The summed E-state index contributed by atoms with van der Waals surface area (Å²) in [6.07, 6.45) is 1.56. The Bertz CT molecular complexity index is 440. The van der Waals surface area contributed by atoms with E-state index in [0.717, 1.165) is 12.5 Å². The highest BCUT2D eigenvalue weighted by molar-refractivity contribution is 7.89. The van der Waals surface area contributed by atoms with Crippen LogP contribution >= 0.6 is 0 Å². The lowest BCUT2D eigenvalue weighted by Gasteiger charge is -2.09. The molecule has 0 spiro atoms. The lowest BCUT2D eigenvalue weighted by molar-refractivity contribution is 0.556. The molecule has 90 valence electrons. The van der Waals surface area contributed by atoms with Crippen LogP contribution in [0.1, 0.15) is 19.8 Å². The number of nitrogen functional groups attached to an aromatic ring is 1. The third-order valence-electron chi connectivity index (χ3n) is 2.09. The van der Waals surface area contributed by atoms with Crippen LogP contribution in [0, 0.1) is 5.82 Å². The number of nitrogens with one attached hydrogen (secondary N) is 1. The third kappa shape index (κ3) is 2.93. The van der Waals surface area contributed by atoms with E-state index in [0.29, 0.717) is 6.42 Å². The molecule has 0 atom stereocenters. The van der Waals surface area contributed by atoms with E-state index in [1.165, 1.54) is 12.1 Å². The topological polar surface area (TPSA) is 72.2 Å². The van der Waals surface area contributed by atoms with E-state index in [4.69, 9.17) is 5.73 Å². The largest absolute Gasteiger partial charge is 0.398 e. The molecule has 3 N–H and O–H groups in total. The predicted molar refractivity (Wildman–Crippen MR) is 60.9 cm³/mol. The molecular formula is C10H15FN2O2S. The summed E-state index contributed by atoms with van der Waals surface area (Å²) >= 11 is 0. The highest BCUT2D eigenvalue weighted by Crippen LogP contribution is 2.21. The van der Waals surface area contributed by atoms with E-state index < -0.39 is 20.7 Å². The Balaban J connectivity index is 2.98. The van der Waals surface area contributed by atoms with Crippen LogP contribution in [-0.4, -0.2) is 15.0 Å². The van der Waals surface area contributed by atoms with Crippen molar-refractivity contribution in [3.8, 4) is 0 Å². The molecule has 0 amide bonds. The average molecular weight is 246 g/mol. The number of rotatable bonds is 5. The minimum atomic E-state index is -3.84. The quantitative estimate of drug-likeness (QED) is 0.610. The van der Waals surface area contributed by atoms with Crippen LogP contribution in [0.15, 0.2) is 23.1 Å². The van der Waals surface area contributed by atoms with Gasteiger partial charge in [0, 0.05) is 6.54 Å². The van der Waals surface area contributed by atoms with Crippen molar-refractivity contribution in [3.05, 3.63) is 24.0 Å². The first-order chi connectivity index (χ1) is 7.49. The molecule has 0 radical (unpaired) electrons. The smallest absolute Gasteiger partial charge is 0.245 e. The van der Waals surface area contributed by atoms with Crippen LogP contribution in [0.3, 0.4) is 0 Å². The first kappa shape index (κ1) is 12.9. The number of benzene rings is 1. The SMILES string of the molecule is CCCCNS(=O)(=O)c1c(N)cccc1F. The van der Waals surface area contributed by atoms with Gasteiger partial charge in [0.05, 0.1) is 5.69 Å². The van der Waals surface area contributed by atoms with Crippen molar-refractivity contribution in [2.75, 3.05) is 12.3 Å². The van der Waals surface area contributed by atoms with Gasteiger partial charge in [-0.15, -0.1) is 0 Å². The molecule has 0 heterocycles. The van der Waals surface area contributed by atoms with E-state index in [2.05, 4.69) is 4.72 Å². The van der Waals surface area contributed by atoms with E-state index >= 15 is 0 Å². The second-order valence-electron chi connectivity index (χ2n) is 3.41. The zero-order chi connectivity index (χ0) is 12.2. The second-order valence-corrected chi connectivity index (χ2v) is 5.11. The maximum atomic E-state index is 13.4. The van der Waals surface area contributed by atoms with Crippen molar-refractivity contribution in [1.29, 1.82) is 0 Å². The number of unbranched alkanes of at least 4 members (excludes halogenated alkanes) is 1. The Morgan fingerprint density at radius 2 is 2.12 bits per heavy atom. The lowest BCUT2D eigenvalue weighted by Crippen LogP contribution is -2.26. The number of sulfonamides is 1. The molecule has 16 heavy (non-hydrogen) atoms. The molecule has 0 unspecified atom stereocenters. The van der Waals surface area contributed by atoms with Gasteiger partial charge in [-0.05, 0) is 18.6 Å². The van der Waals surface area contributed by atoms with E-state index in [-0.39, 0.29) is 12.2 Å². The Labute approximate surface area is 94.7 Å². The molecule has 1 rings (SSSR count). The van der Waals surface area contributed by atoms with Gasteiger partial charge >= 0.3 is 0 Å². The molecule has 1 aromatic rings. The summed E-state index contributed by atoms with van der Waals surface area (Å²) < 4.78 is 39.1. The summed E-state index contributed by atoms with van der Waals surface area (Å²) in [5, 5.41) is 0. The summed E-state index contributed by atoms with van der Waals surface area (Å²) in [4.78, 5) is -0.467. The fraction of sp³-hybridized carbons (Fsp3) is 0.400. The first-order valence-electron chi connectivity index (χ1n) is 5.02. The standard InChI is InChI=1S/C10H15FN2O2S/c1-2-3-7-13-16(14,15)10-8(11)5-4-6-9(10)12/h4-6,13H,2-3,7,12H2,1H3. The van der Waals surface area contributed by atoms with Crippen LogP contribution < -0.4 is 10.5 Å². The molecule has 0 saturated carbocycles. The highest BCUT2D eigenvalue weighted by atomic mass is 32.2. The molecule has 0 bridgehead atoms. The minimum absolute atomic E-state index is 0.0796. The maximum Gasteiger partial charge on any atom is 0.245 e. The fourth-order valence-electron chi connectivity index (χ4n) is 1.26. The average Bonchev–Trinajstić information content (AvgIpc) is 2.17. The second kappa shape index (κ2) is 5.27. The Kier molecular flexibility index (Phi) is 4.26. The van der Waals surface area contributed by atoms with Gasteiger partial charge in [0.15, 0.2) is 0 Å². The molecule has 4 nitrogen and oxygen atoms in total. The summed E-state index contributed by atoms with van der Waals surface area (Å²) in [6, 6.07) is 3.80. The number of hydrogen-bond acceptors (Lipinski definition) is 3. The summed E-state index contributed by atoms with van der Waals surface area (Å²) in [6.45, 7) is 2.22. The van der Waals surface area contributed by atoms with Gasteiger partial charge in [0.2, 0.25) is 10.0 Å². The summed E-state index contributed by atoms with van der Waals surface area (Å²) in [5.41, 5.74) is 5.37. The summed E-state index contributed by atoms with van der Waals surface area (Å²) in [7, 11) is -3.84. The van der Waals surface area contributed by atoms with Gasteiger partial charge in [-0.1, -0.05) is 19.4 Å².